The Bertz CT molecular complexity index is 316. The van der Waals surface area contributed by atoms with Crippen LogP contribution in [0.5, 0.6) is 0 Å². The Kier molecular flexibility index (Phi) is 10.5. The van der Waals surface area contributed by atoms with Gasteiger partial charge in [-0.1, -0.05) is 54.6 Å². The largest absolute Gasteiger partial charge is 0.399 e. The third-order valence-electron chi connectivity index (χ3n) is 1.47. The van der Waals surface area contributed by atoms with Gasteiger partial charge in [-0.15, -0.1) is 17.4 Å². The van der Waals surface area contributed by atoms with E-state index in [4.69, 9.17) is 5.73 Å². The zero-order valence-electron chi connectivity index (χ0n) is 11.0. The van der Waals surface area contributed by atoms with E-state index in [2.05, 4.69) is 17.4 Å². The number of nitrogens with two attached hydrogens (primary N) is 1. The Morgan fingerprint density at radius 1 is 0.647 bits per heavy atom. The van der Waals surface area contributed by atoms with Crippen molar-refractivity contribution in [3.8, 4) is 0 Å². The van der Waals surface area contributed by atoms with Crippen LogP contribution in [-0.4, -0.2) is 14.1 Å². The molecular weight excluding hydrogens is 221 g/mol. The van der Waals surface area contributed by atoms with Gasteiger partial charge in [0.25, 0.3) is 14.1 Å². The maximum atomic E-state index is 5.36. The molecule has 0 bridgehead atoms. The summed E-state index contributed by atoms with van der Waals surface area (Å²) >= 11 is -0.139. The van der Waals surface area contributed by atoms with Crippen molar-refractivity contribution < 1.29 is 0 Å². The lowest BCUT2D eigenvalue weighted by molar-refractivity contribution is 1.69. The molecule has 0 aromatic heterocycles. The molecule has 0 atom stereocenters. The Morgan fingerprint density at radius 3 is 1.06 bits per heavy atom. The summed E-state index contributed by atoms with van der Waals surface area (Å²) < 4.78 is 0. The first kappa shape index (κ1) is 15.8. The molecule has 0 saturated heterocycles. The van der Waals surface area contributed by atoms with Crippen LogP contribution >= 0.6 is 0 Å². The second-order valence-corrected chi connectivity index (χ2v) is 7.76. The molecule has 0 amide bonds. The van der Waals surface area contributed by atoms with Gasteiger partial charge in [0.05, 0.1) is 0 Å². The quantitative estimate of drug-likeness (QED) is 0.541. The van der Waals surface area contributed by atoms with Crippen LogP contribution in [0, 0.1) is 0 Å². The Hall–Kier alpha value is -1.23. The topological polar surface area (TPSA) is 26.0 Å². The van der Waals surface area contributed by atoms with Gasteiger partial charge >= 0.3 is 0 Å². The first-order valence-corrected chi connectivity index (χ1v) is 9.40. The smallest absolute Gasteiger partial charge is 0.251 e. The summed E-state index contributed by atoms with van der Waals surface area (Å²) in [6, 6.07) is 21.5. The average Bonchev–Trinajstić information content (AvgIpc) is 2.32. The normalized spacial score (nSPS) is 7.94. The number of nitrogen functional groups attached to an aromatic ring is 1. The fourth-order valence-electron chi connectivity index (χ4n) is 0.838. The van der Waals surface area contributed by atoms with Crippen molar-refractivity contribution in [1.29, 1.82) is 0 Å². The summed E-state index contributed by atoms with van der Waals surface area (Å²) in [5.74, 6) is 6.92. The SMILES string of the molecule is Nc1ccccc1.[CH3][Al]([CH3])[CH3].c1ccccc1. The lowest BCUT2D eigenvalue weighted by Crippen LogP contribution is -1.84. The maximum absolute atomic E-state index is 5.36. The first-order chi connectivity index (χ1) is 8.13. The van der Waals surface area contributed by atoms with Gasteiger partial charge < -0.3 is 5.73 Å². The summed E-state index contributed by atoms with van der Waals surface area (Å²) in [4.78, 5) is 0. The Balaban J connectivity index is 0.000000236. The van der Waals surface area contributed by atoms with Crippen LogP contribution in [0.4, 0.5) is 5.69 Å². The third kappa shape index (κ3) is 14.8. The van der Waals surface area contributed by atoms with Crippen molar-refractivity contribution in [2.24, 2.45) is 0 Å². The molecule has 0 saturated carbocycles. The molecule has 2 heteroatoms. The number of para-hydroxylation sites is 1. The first-order valence-electron chi connectivity index (χ1n) is 5.93. The van der Waals surface area contributed by atoms with Crippen LogP contribution in [0.25, 0.3) is 0 Å². The maximum Gasteiger partial charge on any atom is 0.251 e. The molecule has 2 aromatic carbocycles. The number of anilines is 1. The molecule has 0 fully saturated rings. The van der Waals surface area contributed by atoms with E-state index in [1.807, 2.05) is 66.7 Å². The minimum absolute atomic E-state index is 0.139. The van der Waals surface area contributed by atoms with E-state index in [9.17, 15) is 0 Å². The van der Waals surface area contributed by atoms with Crippen molar-refractivity contribution in [2.45, 2.75) is 17.4 Å². The summed E-state index contributed by atoms with van der Waals surface area (Å²) in [5, 5.41) is 0. The second kappa shape index (κ2) is 11.3. The number of benzene rings is 2. The zero-order valence-corrected chi connectivity index (χ0v) is 12.2. The molecule has 90 valence electrons. The summed E-state index contributed by atoms with van der Waals surface area (Å²) in [6.07, 6.45) is 0. The van der Waals surface area contributed by atoms with Crippen LogP contribution in [-0.2, 0) is 0 Å². The minimum Gasteiger partial charge on any atom is -0.399 e. The Morgan fingerprint density at radius 2 is 0.882 bits per heavy atom. The standard InChI is InChI=1S/C6H7N.C6H6.3CH3.Al/c7-6-4-2-1-3-5-6;1-2-4-6-5-3-1;;;;/h1-5H,7H2;1-6H;3*1H3;. The van der Waals surface area contributed by atoms with Crippen molar-refractivity contribution >= 4 is 19.8 Å². The van der Waals surface area contributed by atoms with Crippen molar-refractivity contribution in [3.05, 3.63) is 66.7 Å². The van der Waals surface area contributed by atoms with Gasteiger partial charge in [-0.2, -0.15) is 0 Å². The molecule has 0 aliphatic carbocycles. The highest BCUT2D eigenvalue weighted by Gasteiger charge is 1.82. The molecular formula is C15H22AlN. The molecule has 0 spiro atoms. The number of hydrogen-bond donors (Lipinski definition) is 1. The van der Waals surface area contributed by atoms with Gasteiger partial charge in [-0.05, 0) is 12.1 Å². The molecule has 17 heavy (non-hydrogen) atoms. The van der Waals surface area contributed by atoms with Gasteiger partial charge in [-0.25, -0.2) is 0 Å². The highest BCUT2D eigenvalue weighted by atomic mass is 27.2. The molecule has 0 aliphatic heterocycles. The summed E-state index contributed by atoms with van der Waals surface area (Å²) in [6.45, 7) is 0. The fraction of sp³-hybridized carbons (Fsp3) is 0.200. The van der Waals surface area contributed by atoms with Crippen molar-refractivity contribution in [1.82, 2.24) is 0 Å². The fourth-order valence-corrected chi connectivity index (χ4v) is 0.838. The predicted molar refractivity (Wildman–Crippen MR) is 80.6 cm³/mol. The van der Waals surface area contributed by atoms with E-state index in [1.54, 1.807) is 0 Å². The van der Waals surface area contributed by atoms with Crippen LogP contribution in [0.3, 0.4) is 0 Å². The van der Waals surface area contributed by atoms with Gasteiger partial charge in [0.1, 0.15) is 0 Å². The molecule has 0 radical (unpaired) electrons. The van der Waals surface area contributed by atoms with Crippen LogP contribution < -0.4 is 5.73 Å². The number of hydrogen-bond acceptors (Lipinski definition) is 1. The van der Waals surface area contributed by atoms with E-state index in [-0.39, 0.29) is 14.1 Å². The molecule has 0 heterocycles. The van der Waals surface area contributed by atoms with Crippen LogP contribution in [0.2, 0.25) is 17.4 Å². The summed E-state index contributed by atoms with van der Waals surface area (Å²) in [7, 11) is 0. The van der Waals surface area contributed by atoms with Crippen LogP contribution in [0.15, 0.2) is 66.7 Å². The number of rotatable bonds is 0. The van der Waals surface area contributed by atoms with Crippen molar-refractivity contribution in [2.75, 3.05) is 5.73 Å². The molecule has 1 nitrogen and oxygen atoms in total. The van der Waals surface area contributed by atoms with Gasteiger partial charge in [-0.3, -0.25) is 0 Å². The zero-order chi connectivity index (χ0) is 12.9. The van der Waals surface area contributed by atoms with E-state index >= 15 is 0 Å². The lowest BCUT2D eigenvalue weighted by atomic mass is 10.3. The summed E-state index contributed by atoms with van der Waals surface area (Å²) in [5.41, 5.74) is 6.18. The Labute approximate surface area is 110 Å². The molecule has 0 unspecified atom stereocenters. The van der Waals surface area contributed by atoms with E-state index in [0.29, 0.717) is 0 Å². The highest BCUT2D eigenvalue weighted by molar-refractivity contribution is 6.54. The predicted octanol–water partition coefficient (Wildman–Crippen LogP) is 4.33. The van der Waals surface area contributed by atoms with Gasteiger partial charge in [0.15, 0.2) is 0 Å². The monoisotopic (exact) mass is 243 g/mol. The molecule has 2 rings (SSSR count). The minimum atomic E-state index is -0.139. The average molecular weight is 243 g/mol. The highest BCUT2D eigenvalue weighted by Crippen LogP contribution is 1.95. The van der Waals surface area contributed by atoms with Crippen LogP contribution in [0.1, 0.15) is 0 Å². The third-order valence-corrected chi connectivity index (χ3v) is 1.47. The van der Waals surface area contributed by atoms with E-state index < -0.39 is 0 Å². The van der Waals surface area contributed by atoms with Gasteiger partial charge in [0, 0.05) is 5.69 Å². The molecule has 2 N–H and O–H groups in total. The molecule has 0 aliphatic rings. The van der Waals surface area contributed by atoms with E-state index in [0.717, 1.165) is 5.69 Å². The van der Waals surface area contributed by atoms with E-state index in [1.165, 1.54) is 0 Å². The van der Waals surface area contributed by atoms with Crippen molar-refractivity contribution in [3.63, 3.8) is 0 Å². The van der Waals surface area contributed by atoms with Gasteiger partial charge in [0.2, 0.25) is 0 Å². The second-order valence-electron chi connectivity index (χ2n) is 4.30. The molecule has 2 aromatic rings. The lowest BCUT2D eigenvalue weighted by Gasteiger charge is -1.83.